The molecule has 0 aromatic heterocycles. The molecule has 1 N–H and O–H groups in total. The van der Waals surface area contributed by atoms with E-state index in [2.05, 4.69) is 4.36 Å². The number of hydrogen-bond donors (Lipinski definition) is 1. The van der Waals surface area contributed by atoms with E-state index >= 15 is 0 Å². The zero-order valence-corrected chi connectivity index (χ0v) is 10.7. The molecule has 0 heterocycles. The second kappa shape index (κ2) is 5.44. The molecule has 0 bridgehead atoms. The minimum Gasteiger partial charge on any atom is -0.391 e. The molecular formula is C10H8F5NO3S. The summed E-state index contributed by atoms with van der Waals surface area (Å²) < 4.78 is 77.1. The molecule has 1 rings (SSSR count). The van der Waals surface area contributed by atoms with Crippen molar-refractivity contribution in [3.05, 3.63) is 29.3 Å². The predicted octanol–water partition coefficient (Wildman–Crippen LogP) is 2.00. The SMILES string of the molecule is CS(=O)(=NC(=O)C(F)(F)F)c1cc(F)c(CO)c(F)c1. The van der Waals surface area contributed by atoms with Gasteiger partial charge >= 0.3 is 12.1 Å². The van der Waals surface area contributed by atoms with Gasteiger partial charge in [-0.2, -0.15) is 13.2 Å². The Morgan fingerprint density at radius 3 is 2.10 bits per heavy atom. The highest BCUT2D eigenvalue weighted by atomic mass is 32.2. The molecule has 0 aliphatic carbocycles. The summed E-state index contributed by atoms with van der Waals surface area (Å²) in [5, 5.41) is 8.67. The molecular weight excluding hydrogens is 309 g/mol. The molecule has 0 aliphatic heterocycles. The first kappa shape index (κ1) is 16.5. The Morgan fingerprint density at radius 2 is 1.75 bits per heavy atom. The largest absolute Gasteiger partial charge is 0.474 e. The van der Waals surface area contributed by atoms with Crippen LogP contribution in [0.2, 0.25) is 0 Å². The number of amides is 1. The van der Waals surface area contributed by atoms with E-state index in [-0.39, 0.29) is 0 Å². The zero-order valence-electron chi connectivity index (χ0n) is 9.87. The lowest BCUT2D eigenvalue weighted by molar-refractivity contribution is -0.169. The highest BCUT2D eigenvalue weighted by Crippen LogP contribution is 2.23. The first-order valence-electron chi connectivity index (χ1n) is 4.91. The molecule has 20 heavy (non-hydrogen) atoms. The van der Waals surface area contributed by atoms with Gasteiger partial charge in [0, 0.05) is 11.8 Å². The maximum absolute atomic E-state index is 13.3. The third-order valence-electron chi connectivity index (χ3n) is 2.21. The molecule has 4 nitrogen and oxygen atoms in total. The van der Waals surface area contributed by atoms with Crippen LogP contribution in [0.5, 0.6) is 0 Å². The smallest absolute Gasteiger partial charge is 0.391 e. The van der Waals surface area contributed by atoms with Crippen molar-refractivity contribution in [1.82, 2.24) is 0 Å². The quantitative estimate of drug-likeness (QED) is 0.849. The average Bonchev–Trinajstić information content (AvgIpc) is 2.26. The number of nitrogens with zero attached hydrogens (tertiary/aromatic N) is 1. The van der Waals surface area contributed by atoms with Crippen LogP contribution in [0, 0.1) is 11.6 Å². The van der Waals surface area contributed by atoms with Crippen LogP contribution in [0.3, 0.4) is 0 Å². The summed E-state index contributed by atoms with van der Waals surface area (Å²) >= 11 is 0. The monoisotopic (exact) mass is 317 g/mol. The van der Waals surface area contributed by atoms with Gasteiger partial charge in [0.25, 0.3) is 0 Å². The fourth-order valence-corrected chi connectivity index (χ4v) is 2.38. The molecule has 1 amide bonds. The van der Waals surface area contributed by atoms with Crippen molar-refractivity contribution in [2.75, 3.05) is 6.26 Å². The fourth-order valence-electron chi connectivity index (χ4n) is 1.21. The van der Waals surface area contributed by atoms with E-state index in [4.69, 9.17) is 5.11 Å². The number of rotatable bonds is 2. The highest BCUT2D eigenvalue weighted by molar-refractivity contribution is 7.93. The lowest BCUT2D eigenvalue weighted by Crippen LogP contribution is -2.22. The highest BCUT2D eigenvalue weighted by Gasteiger charge is 2.39. The van der Waals surface area contributed by atoms with Crippen molar-refractivity contribution in [2.45, 2.75) is 17.7 Å². The van der Waals surface area contributed by atoms with Gasteiger partial charge in [0.15, 0.2) is 0 Å². The summed E-state index contributed by atoms with van der Waals surface area (Å²) in [6.07, 6.45) is -4.69. The second-order valence-corrected chi connectivity index (χ2v) is 5.98. The van der Waals surface area contributed by atoms with Crippen LogP contribution < -0.4 is 0 Å². The third kappa shape index (κ3) is 3.51. The van der Waals surface area contributed by atoms with Crippen LogP contribution >= 0.6 is 0 Å². The Balaban J connectivity index is 3.41. The maximum atomic E-state index is 13.3. The maximum Gasteiger partial charge on any atom is 0.474 e. The van der Waals surface area contributed by atoms with Crippen LogP contribution in [0.4, 0.5) is 22.0 Å². The standard InChI is InChI=1S/C10H8F5NO3S/c1-20(19,16-9(18)10(13,14)15)5-2-7(11)6(4-17)8(12)3-5/h2-3,17H,4H2,1H3. The molecule has 1 unspecified atom stereocenters. The Morgan fingerprint density at radius 1 is 1.30 bits per heavy atom. The Kier molecular flexibility index (Phi) is 4.49. The van der Waals surface area contributed by atoms with Gasteiger partial charge in [0.1, 0.15) is 11.6 Å². The number of benzene rings is 1. The normalized spacial score (nSPS) is 14.8. The Hall–Kier alpha value is -1.55. The zero-order chi connectivity index (χ0) is 15.7. The lowest BCUT2D eigenvalue weighted by atomic mass is 10.2. The summed E-state index contributed by atoms with van der Waals surface area (Å²) in [7, 11) is -3.97. The molecule has 0 aliphatic rings. The van der Waals surface area contributed by atoms with E-state index in [0.717, 1.165) is 0 Å². The number of halogens is 5. The number of carbonyl (C=O) groups excluding carboxylic acids is 1. The summed E-state index contributed by atoms with van der Waals surface area (Å²) in [6.45, 7) is -0.985. The molecule has 0 saturated carbocycles. The molecule has 0 spiro atoms. The van der Waals surface area contributed by atoms with E-state index in [1.54, 1.807) is 0 Å². The van der Waals surface area contributed by atoms with Crippen molar-refractivity contribution in [2.24, 2.45) is 4.36 Å². The van der Waals surface area contributed by atoms with Gasteiger partial charge in [-0.1, -0.05) is 0 Å². The van der Waals surface area contributed by atoms with Gasteiger partial charge in [-0.05, 0) is 12.1 Å². The van der Waals surface area contributed by atoms with Crippen LogP contribution in [-0.2, 0) is 21.1 Å². The summed E-state index contributed by atoms with van der Waals surface area (Å²) in [4.78, 5) is 9.93. The van der Waals surface area contributed by atoms with Crippen LogP contribution in [-0.4, -0.2) is 27.7 Å². The first-order valence-corrected chi connectivity index (χ1v) is 6.83. The molecule has 0 saturated heterocycles. The van der Waals surface area contributed by atoms with Crippen molar-refractivity contribution >= 4 is 15.6 Å². The number of aliphatic hydroxyl groups is 1. The molecule has 1 aromatic rings. The lowest BCUT2D eigenvalue weighted by Gasteiger charge is -2.08. The van der Waals surface area contributed by atoms with Gasteiger partial charge in [-0.3, -0.25) is 4.79 Å². The number of carbonyl (C=O) groups is 1. The first-order chi connectivity index (χ1) is 8.99. The average molecular weight is 317 g/mol. The van der Waals surface area contributed by atoms with E-state index in [9.17, 15) is 31.0 Å². The van der Waals surface area contributed by atoms with Gasteiger partial charge in [-0.25, -0.2) is 13.0 Å². The Labute approximate surface area is 110 Å². The van der Waals surface area contributed by atoms with E-state index in [0.29, 0.717) is 18.4 Å². The number of aliphatic hydroxyl groups excluding tert-OH is 1. The van der Waals surface area contributed by atoms with Crippen LogP contribution in [0.25, 0.3) is 0 Å². The summed E-state index contributed by atoms with van der Waals surface area (Å²) in [5.74, 6) is -5.21. The second-order valence-electron chi connectivity index (χ2n) is 3.72. The minimum atomic E-state index is -5.33. The van der Waals surface area contributed by atoms with E-state index in [1.165, 1.54) is 0 Å². The van der Waals surface area contributed by atoms with Gasteiger partial charge in [-0.15, -0.1) is 4.36 Å². The molecule has 1 atom stereocenters. The number of alkyl halides is 3. The summed E-state index contributed by atoms with van der Waals surface area (Å²) in [5.41, 5.74) is -0.730. The molecule has 10 heteroatoms. The Bertz CT molecular complexity index is 638. The van der Waals surface area contributed by atoms with Crippen molar-refractivity contribution in [1.29, 1.82) is 0 Å². The molecule has 112 valence electrons. The van der Waals surface area contributed by atoms with Crippen LogP contribution in [0.1, 0.15) is 5.56 Å². The van der Waals surface area contributed by atoms with E-state index in [1.807, 2.05) is 0 Å². The molecule has 1 aromatic carbocycles. The van der Waals surface area contributed by atoms with Crippen molar-refractivity contribution < 1.29 is 36.1 Å². The van der Waals surface area contributed by atoms with Crippen molar-refractivity contribution in [3.8, 4) is 0 Å². The van der Waals surface area contributed by atoms with E-state index < -0.39 is 50.5 Å². The van der Waals surface area contributed by atoms with Crippen LogP contribution in [0.15, 0.2) is 21.4 Å². The molecule has 0 fully saturated rings. The number of hydrogen-bond acceptors (Lipinski definition) is 3. The van der Waals surface area contributed by atoms with Gasteiger partial charge < -0.3 is 5.11 Å². The van der Waals surface area contributed by atoms with Gasteiger partial charge in [0.2, 0.25) is 0 Å². The molecule has 0 radical (unpaired) electrons. The third-order valence-corrected chi connectivity index (χ3v) is 3.83. The predicted molar refractivity (Wildman–Crippen MR) is 58.1 cm³/mol. The van der Waals surface area contributed by atoms with Gasteiger partial charge in [0.05, 0.1) is 21.2 Å². The van der Waals surface area contributed by atoms with Crippen molar-refractivity contribution in [3.63, 3.8) is 0 Å². The fraction of sp³-hybridized carbons (Fsp3) is 0.300. The topological polar surface area (TPSA) is 66.7 Å². The minimum absolute atomic E-state index is 0.462. The summed E-state index contributed by atoms with van der Waals surface area (Å²) in [6, 6.07) is 0.925.